The van der Waals surface area contributed by atoms with Crippen LogP contribution in [0, 0.1) is 0 Å². The topological polar surface area (TPSA) is 18.5 Å². The van der Waals surface area contributed by atoms with Gasteiger partial charge in [-0.2, -0.15) is 0 Å². The molecular weight excluding hydrogens is 316 g/mol. The number of alkyl halides is 1. The molecule has 0 amide bonds. The van der Waals surface area contributed by atoms with E-state index in [1.807, 2.05) is 25.1 Å². The van der Waals surface area contributed by atoms with Gasteiger partial charge in [0.15, 0.2) is 0 Å². The van der Waals surface area contributed by atoms with Gasteiger partial charge in [-0.15, -0.1) is 11.6 Å². The second-order valence-corrected chi connectivity index (χ2v) is 5.81. The Morgan fingerprint density at radius 1 is 1.50 bits per heavy atom. The van der Waals surface area contributed by atoms with Crippen LogP contribution in [0.25, 0.3) is 0 Å². The SMILES string of the molecule is CCOc1ccc(Br)cc1C(Cl)C1CCCCO1. The van der Waals surface area contributed by atoms with Crippen LogP contribution in [-0.4, -0.2) is 19.3 Å². The quantitative estimate of drug-likeness (QED) is 0.744. The molecule has 0 aliphatic carbocycles. The molecule has 1 aliphatic heterocycles. The lowest BCUT2D eigenvalue weighted by Gasteiger charge is -2.28. The van der Waals surface area contributed by atoms with E-state index in [4.69, 9.17) is 21.1 Å². The van der Waals surface area contributed by atoms with Crippen LogP contribution >= 0.6 is 27.5 Å². The van der Waals surface area contributed by atoms with Crippen LogP contribution < -0.4 is 4.74 Å². The van der Waals surface area contributed by atoms with Gasteiger partial charge in [0.1, 0.15) is 5.75 Å². The minimum atomic E-state index is -0.149. The van der Waals surface area contributed by atoms with Gasteiger partial charge in [-0.05, 0) is 44.4 Å². The van der Waals surface area contributed by atoms with E-state index < -0.39 is 0 Å². The summed E-state index contributed by atoms with van der Waals surface area (Å²) >= 11 is 10.1. The predicted molar refractivity (Wildman–Crippen MR) is 77.5 cm³/mol. The molecule has 0 spiro atoms. The van der Waals surface area contributed by atoms with Crippen molar-refractivity contribution < 1.29 is 9.47 Å². The van der Waals surface area contributed by atoms with Crippen LogP contribution in [0.3, 0.4) is 0 Å². The number of hydrogen-bond acceptors (Lipinski definition) is 2. The maximum atomic E-state index is 6.57. The largest absolute Gasteiger partial charge is 0.494 e. The normalized spacial score (nSPS) is 21.6. The molecule has 2 atom stereocenters. The first kappa shape index (κ1) is 14.2. The minimum Gasteiger partial charge on any atom is -0.494 e. The van der Waals surface area contributed by atoms with Crippen molar-refractivity contribution in [3.63, 3.8) is 0 Å². The fourth-order valence-electron chi connectivity index (χ4n) is 2.22. The second kappa shape index (κ2) is 6.78. The Hall–Kier alpha value is -0.250. The van der Waals surface area contributed by atoms with E-state index in [1.54, 1.807) is 0 Å². The van der Waals surface area contributed by atoms with Gasteiger partial charge >= 0.3 is 0 Å². The summed E-state index contributed by atoms with van der Waals surface area (Å²) in [7, 11) is 0. The summed E-state index contributed by atoms with van der Waals surface area (Å²) in [6, 6.07) is 5.96. The Labute approximate surface area is 122 Å². The lowest BCUT2D eigenvalue weighted by atomic mass is 10.00. The third-order valence-corrected chi connectivity index (χ3v) is 4.12. The first-order valence-corrected chi connectivity index (χ1v) is 7.63. The lowest BCUT2D eigenvalue weighted by molar-refractivity contribution is 0.0132. The van der Waals surface area contributed by atoms with Crippen LogP contribution in [0.5, 0.6) is 5.75 Å². The number of halogens is 2. The van der Waals surface area contributed by atoms with Crippen molar-refractivity contribution in [1.82, 2.24) is 0 Å². The average Bonchev–Trinajstić information content (AvgIpc) is 2.41. The number of rotatable bonds is 4. The van der Waals surface area contributed by atoms with E-state index in [1.165, 1.54) is 6.42 Å². The van der Waals surface area contributed by atoms with Gasteiger partial charge in [-0.25, -0.2) is 0 Å². The Kier molecular flexibility index (Phi) is 5.34. The molecule has 2 rings (SSSR count). The van der Waals surface area contributed by atoms with Crippen LogP contribution in [0.15, 0.2) is 22.7 Å². The zero-order chi connectivity index (χ0) is 13.0. The standard InChI is InChI=1S/C14H18BrClO2/c1-2-17-12-7-6-10(15)9-11(12)14(16)13-5-3-4-8-18-13/h6-7,9,13-14H,2-5,8H2,1H3. The summed E-state index contributed by atoms with van der Waals surface area (Å²) in [6.07, 6.45) is 3.43. The van der Waals surface area contributed by atoms with E-state index in [0.717, 1.165) is 35.2 Å². The molecule has 1 aromatic carbocycles. The van der Waals surface area contributed by atoms with Crippen molar-refractivity contribution in [1.29, 1.82) is 0 Å². The molecular formula is C14H18BrClO2. The average molecular weight is 334 g/mol. The first-order chi connectivity index (χ1) is 8.72. The molecule has 0 saturated carbocycles. The van der Waals surface area contributed by atoms with Crippen molar-refractivity contribution in [2.75, 3.05) is 13.2 Å². The fourth-order valence-corrected chi connectivity index (χ4v) is 2.97. The fraction of sp³-hybridized carbons (Fsp3) is 0.571. The highest BCUT2D eigenvalue weighted by Gasteiger charge is 2.26. The molecule has 1 heterocycles. The molecule has 0 N–H and O–H groups in total. The zero-order valence-corrected chi connectivity index (χ0v) is 12.8. The molecule has 1 aliphatic rings. The van der Waals surface area contributed by atoms with Gasteiger partial charge in [0.05, 0.1) is 18.1 Å². The highest BCUT2D eigenvalue weighted by Crippen LogP contribution is 2.38. The Morgan fingerprint density at radius 3 is 3.00 bits per heavy atom. The summed E-state index contributed by atoms with van der Waals surface area (Å²) in [4.78, 5) is 0. The maximum Gasteiger partial charge on any atom is 0.124 e. The third-order valence-electron chi connectivity index (χ3n) is 3.11. The van der Waals surface area contributed by atoms with Crippen molar-refractivity contribution in [2.24, 2.45) is 0 Å². The van der Waals surface area contributed by atoms with Crippen LogP contribution in [-0.2, 0) is 4.74 Å². The minimum absolute atomic E-state index is 0.0916. The van der Waals surface area contributed by atoms with Crippen molar-refractivity contribution >= 4 is 27.5 Å². The molecule has 1 aromatic rings. The van der Waals surface area contributed by atoms with Gasteiger partial charge in [-0.1, -0.05) is 15.9 Å². The van der Waals surface area contributed by atoms with E-state index >= 15 is 0 Å². The summed E-state index contributed by atoms with van der Waals surface area (Å²) in [5.41, 5.74) is 1.01. The Bertz CT molecular complexity index is 391. The number of benzene rings is 1. The molecule has 4 heteroatoms. The van der Waals surface area contributed by atoms with E-state index in [2.05, 4.69) is 15.9 Å². The third kappa shape index (κ3) is 3.40. The van der Waals surface area contributed by atoms with Crippen molar-refractivity contribution in [2.45, 2.75) is 37.7 Å². The number of hydrogen-bond donors (Lipinski definition) is 0. The molecule has 1 saturated heterocycles. The highest BCUT2D eigenvalue weighted by molar-refractivity contribution is 9.10. The predicted octanol–water partition coefficient (Wildman–Crippen LogP) is 4.70. The van der Waals surface area contributed by atoms with E-state index in [-0.39, 0.29) is 11.5 Å². The van der Waals surface area contributed by atoms with E-state index in [9.17, 15) is 0 Å². The molecule has 100 valence electrons. The molecule has 2 nitrogen and oxygen atoms in total. The van der Waals surface area contributed by atoms with Crippen LogP contribution in [0.1, 0.15) is 37.1 Å². The molecule has 0 aromatic heterocycles. The molecule has 0 bridgehead atoms. The van der Waals surface area contributed by atoms with Gasteiger partial charge < -0.3 is 9.47 Å². The van der Waals surface area contributed by atoms with Gasteiger partial charge in [0, 0.05) is 16.6 Å². The van der Waals surface area contributed by atoms with Gasteiger partial charge in [0.2, 0.25) is 0 Å². The van der Waals surface area contributed by atoms with Crippen molar-refractivity contribution in [3.8, 4) is 5.75 Å². The summed E-state index contributed by atoms with van der Waals surface area (Å²) in [6.45, 7) is 3.43. The lowest BCUT2D eigenvalue weighted by Crippen LogP contribution is -2.24. The van der Waals surface area contributed by atoms with Gasteiger partial charge in [-0.3, -0.25) is 0 Å². The van der Waals surface area contributed by atoms with Gasteiger partial charge in [0.25, 0.3) is 0 Å². The van der Waals surface area contributed by atoms with Crippen LogP contribution in [0.4, 0.5) is 0 Å². The Balaban J connectivity index is 2.21. The Morgan fingerprint density at radius 2 is 2.33 bits per heavy atom. The second-order valence-electron chi connectivity index (χ2n) is 4.42. The summed E-state index contributed by atoms with van der Waals surface area (Å²) in [5.74, 6) is 0.856. The molecule has 2 unspecified atom stereocenters. The molecule has 1 fully saturated rings. The highest BCUT2D eigenvalue weighted by atomic mass is 79.9. The first-order valence-electron chi connectivity index (χ1n) is 6.40. The summed E-state index contributed by atoms with van der Waals surface area (Å²) < 4.78 is 12.4. The molecule has 18 heavy (non-hydrogen) atoms. The van der Waals surface area contributed by atoms with Crippen molar-refractivity contribution in [3.05, 3.63) is 28.2 Å². The maximum absolute atomic E-state index is 6.57. The van der Waals surface area contributed by atoms with Crippen LogP contribution in [0.2, 0.25) is 0 Å². The van der Waals surface area contributed by atoms with E-state index in [0.29, 0.717) is 6.61 Å². The zero-order valence-electron chi connectivity index (χ0n) is 10.5. The molecule has 0 radical (unpaired) electrons. The number of ether oxygens (including phenoxy) is 2. The smallest absolute Gasteiger partial charge is 0.124 e. The monoisotopic (exact) mass is 332 g/mol. The summed E-state index contributed by atoms with van der Waals surface area (Å²) in [5, 5.41) is -0.149.